The van der Waals surface area contributed by atoms with Crippen LogP contribution in [-0.2, 0) is 4.79 Å². The third-order valence-electron chi connectivity index (χ3n) is 5.13. The molecule has 1 amide bonds. The normalized spacial score (nSPS) is 13.6. The van der Waals surface area contributed by atoms with Crippen molar-refractivity contribution in [1.82, 2.24) is 15.3 Å². The summed E-state index contributed by atoms with van der Waals surface area (Å²) in [6.45, 7) is 5.77. The molecule has 6 heteroatoms. The molecule has 0 spiro atoms. The van der Waals surface area contributed by atoms with Gasteiger partial charge in [0.2, 0.25) is 5.91 Å². The van der Waals surface area contributed by atoms with Crippen molar-refractivity contribution in [1.29, 1.82) is 0 Å². The fourth-order valence-corrected chi connectivity index (χ4v) is 3.77. The van der Waals surface area contributed by atoms with Crippen LogP contribution in [0.2, 0.25) is 5.02 Å². The molecule has 1 heterocycles. The predicted molar refractivity (Wildman–Crippen MR) is 123 cm³/mol. The number of aromatic nitrogens is 2. The minimum absolute atomic E-state index is 0.107. The van der Waals surface area contributed by atoms with Crippen LogP contribution in [-0.4, -0.2) is 35.0 Å². The van der Waals surface area contributed by atoms with E-state index in [1.54, 1.807) is 0 Å². The Morgan fingerprint density at radius 1 is 1.13 bits per heavy atom. The molecule has 5 nitrogen and oxygen atoms in total. The molecule has 1 aromatic heterocycles. The van der Waals surface area contributed by atoms with Crippen molar-refractivity contribution in [2.24, 2.45) is 5.92 Å². The minimum atomic E-state index is 0.107. The zero-order valence-electron chi connectivity index (χ0n) is 17.4. The summed E-state index contributed by atoms with van der Waals surface area (Å²) in [5, 5.41) is 4.69. The summed E-state index contributed by atoms with van der Waals surface area (Å²) in [4.78, 5) is 24.2. The second kappa shape index (κ2) is 9.00. The molecule has 0 saturated heterocycles. The lowest BCUT2D eigenvalue weighted by Gasteiger charge is -2.27. The molecule has 0 unspecified atom stereocenters. The van der Waals surface area contributed by atoms with Crippen LogP contribution in [0.25, 0.3) is 22.3 Å². The molecular weight excluding hydrogens is 396 g/mol. The molecule has 0 radical (unpaired) electrons. The fraction of sp³-hybridized carbons (Fsp3) is 0.375. The Bertz CT molecular complexity index is 1050. The van der Waals surface area contributed by atoms with Gasteiger partial charge in [0, 0.05) is 36.5 Å². The van der Waals surface area contributed by atoms with Gasteiger partial charge in [0.25, 0.3) is 0 Å². The van der Waals surface area contributed by atoms with E-state index in [0.29, 0.717) is 35.8 Å². The van der Waals surface area contributed by atoms with Crippen LogP contribution in [0, 0.1) is 5.92 Å². The van der Waals surface area contributed by atoms with Crippen molar-refractivity contribution >= 4 is 34.2 Å². The Morgan fingerprint density at radius 3 is 2.60 bits per heavy atom. The number of fused-ring (bicyclic) bond motifs is 1. The Morgan fingerprint density at radius 2 is 1.87 bits per heavy atom. The zero-order valence-corrected chi connectivity index (χ0v) is 18.2. The molecule has 30 heavy (non-hydrogen) atoms. The average molecular weight is 423 g/mol. The van der Waals surface area contributed by atoms with Crippen molar-refractivity contribution < 1.29 is 4.79 Å². The van der Waals surface area contributed by atoms with Crippen LogP contribution in [0.1, 0.15) is 33.1 Å². The SMILES string of the molecule is CC(C)CN(CCC(=O)NC1CC1)c1nc(-c2ccccc2Cl)nc2ccccc12. The van der Waals surface area contributed by atoms with Gasteiger partial charge in [0.05, 0.1) is 10.5 Å². The first-order valence-corrected chi connectivity index (χ1v) is 10.9. The van der Waals surface area contributed by atoms with Crippen LogP contribution >= 0.6 is 11.6 Å². The van der Waals surface area contributed by atoms with E-state index in [2.05, 4.69) is 24.1 Å². The summed E-state index contributed by atoms with van der Waals surface area (Å²) in [7, 11) is 0. The largest absolute Gasteiger partial charge is 0.355 e. The Labute approximate surface area is 182 Å². The van der Waals surface area contributed by atoms with Gasteiger partial charge in [-0.2, -0.15) is 0 Å². The molecule has 0 bridgehead atoms. The van der Waals surface area contributed by atoms with Gasteiger partial charge in [-0.25, -0.2) is 9.97 Å². The van der Waals surface area contributed by atoms with Crippen molar-refractivity contribution in [2.75, 3.05) is 18.0 Å². The molecular formula is C24H27ClN4O. The molecule has 1 fully saturated rings. The number of para-hydroxylation sites is 1. The predicted octanol–water partition coefficient (Wildman–Crippen LogP) is 5.08. The number of rotatable bonds is 8. The van der Waals surface area contributed by atoms with Gasteiger partial charge in [-0.1, -0.05) is 49.7 Å². The molecule has 2 aromatic carbocycles. The number of nitrogens with one attached hydrogen (secondary N) is 1. The average Bonchev–Trinajstić information content (AvgIpc) is 3.54. The number of hydrogen-bond donors (Lipinski definition) is 1. The molecule has 1 N–H and O–H groups in total. The quantitative estimate of drug-likeness (QED) is 0.549. The highest BCUT2D eigenvalue weighted by Gasteiger charge is 2.24. The van der Waals surface area contributed by atoms with E-state index >= 15 is 0 Å². The van der Waals surface area contributed by atoms with Crippen LogP contribution in [0.5, 0.6) is 0 Å². The second-order valence-corrected chi connectivity index (χ2v) is 8.71. The molecule has 156 valence electrons. The van der Waals surface area contributed by atoms with Gasteiger partial charge >= 0.3 is 0 Å². The lowest BCUT2D eigenvalue weighted by molar-refractivity contribution is -0.121. The summed E-state index contributed by atoms with van der Waals surface area (Å²) in [6.07, 6.45) is 2.64. The molecule has 4 rings (SSSR count). The number of halogens is 1. The van der Waals surface area contributed by atoms with Gasteiger partial charge in [0.1, 0.15) is 5.82 Å². The van der Waals surface area contributed by atoms with E-state index in [0.717, 1.165) is 41.7 Å². The van der Waals surface area contributed by atoms with Crippen LogP contribution in [0.15, 0.2) is 48.5 Å². The lowest BCUT2D eigenvalue weighted by atomic mass is 10.1. The number of benzene rings is 2. The lowest BCUT2D eigenvalue weighted by Crippen LogP contribution is -2.34. The van der Waals surface area contributed by atoms with Gasteiger partial charge in [-0.3, -0.25) is 4.79 Å². The zero-order chi connectivity index (χ0) is 21.1. The highest BCUT2D eigenvalue weighted by Crippen LogP contribution is 2.31. The first kappa shape index (κ1) is 20.6. The molecule has 1 aliphatic rings. The Hall–Kier alpha value is -2.66. The molecule has 0 atom stereocenters. The van der Waals surface area contributed by atoms with E-state index in [-0.39, 0.29) is 5.91 Å². The summed E-state index contributed by atoms with van der Waals surface area (Å²) < 4.78 is 0. The maximum Gasteiger partial charge on any atom is 0.221 e. The van der Waals surface area contributed by atoms with Crippen LogP contribution in [0.4, 0.5) is 5.82 Å². The standard InChI is InChI=1S/C24H27ClN4O/c1-16(2)15-29(14-13-22(30)26-17-11-12-17)24-19-8-4-6-10-21(19)27-23(28-24)18-7-3-5-9-20(18)25/h3-10,16-17H,11-15H2,1-2H3,(H,26,30). The van der Waals surface area contributed by atoms with Crippen molar-refractivity contribution in [3.05, 3.63) is 53.6 Å². The van der Waals surface area contributed by atoms with E-state index in [1.807, 2.05) is 48.5 Å². The molecule has 3 aromatic rings. The Balaban J connectivity index is 1.72. The topological polar surface area (TPSA) is 58.1 Å². The maximum absolute atomic E-state index is 12.3. The summed E-state index contributed by atoms with van der Waals surface area (Å²) in [6, 6.07) is 16.0. The minimum Gasteiger partial charge on any atom is -0.355 e. The van der Waals surface area contributed by atoms with E-state index < -0.39 is 0 Å². The van der Waals surface area contributed by atoms with Crippen molar-refractivity contribution in [3.63, 3.8) is 0 Å². The maximum atomic E-state index is 12.3. The smallest absolute Gasteiger partial charge is 0.221 e. The second-order valence-electron chi connectivity index (χ2n) is 8.30. The van der Waals surface area contributed by atoms with E-state index in [9.17, 15) is 4.79 Å². The van der Waals surface area contributed by atoms with Crippen LogP contribution < -0.4 is 10.2 Å². The first-order valence-electron chi connectivity index (χ1n) is 10.6. The van der Waals surface area contributed by atoms with Gasteiger partial charge in [-0.15, -0.1) is 0 Å². The van der Waals surface area contributed by atoms with E-state index in [4.69, 9.17) is 21.6 Å². The van der Waals surface area contributed by atoms with Gasteiger partial charge < -0.3 is 10.2 Å². The highest BCUT2D eigenvalue weighted by molar-refractivity contribution is 6.33. The third-order valence-corrected chi connectivity index (χ3v) is 5.46. The van der Waals surface area contributed by atoms with Crippen molar-refractivity contribution in [3.8, 4) is 11.4 Å². The number of nitrogens with zero attached hydrogens (tertiary/aromatic N) is 3. The fourth-order valence-electron chi connectivity index (χ4n) is 3.55. The van der Waals surface area contributed by atoms with Gasteiger partial charge in [-0.05, 0) is 43.0 Å². The Kier molecular flexibility index (Phi) is 6.18. The highest BCUT2D eigenvalue weighted by atomic mass is 35.5. The molecule has 0 aliphatic heterocycles. The van der Waals surface area contributed by atoms with Crippen LogP contribution in [0.3, 0.4) is 0 Å². The number of hydrogen-bond acceptors (Lipinski definition) is 4. The number of anilines is 1. The number of amides is 1. The number of carbonyl (C=O) groups excluding carboxylic acids is 1. The van der Waals surface area contributed by atoms with Crippen molar-refractivity contribution in [2.45, 2.75) is 39.2 Å². The van der Waals surface area contributed by atoms with Gasteiger partial charge in [0.15, 0.2) is 5.82 Å². The molecule has 1 aliphatic carbocycles. The summed E-state index contributed by atoms with van der Waals surface area (Å²) >= 11 is 6.44. The molecule has 1 saturated carbocycles. The first-order chi connectivity index (χ1) is 14.5. The third kappa shape index (κ3) is 4.90. The van der Waals surface area contributed by atoms with E-state index in [1.165, 1.54) is 0 Å². The monoisotopic (exact) mass is 422 g/mol. The number of carbonyl (C=O) groups is 1. The summed E-state index contributed by atoms with van der Waals surface area (Å²) in [5.74, 6) is 1.99. The summed E-state index contributed by atoms with van der Waals surface area (Å²) in [5.41, 5.74) is 1.68.